The number of aromatic nitrogens is 1. The highest BCUT2D eigenvalue weighted by molar-refractivity contribution is 5.88. The Morgan fingerprint density at radius 1 is 1.31 bits per heavy atom. The number of aliphatic imine (C=N–C) groups is 1. The molecule has 8 nitrogen and oxygen atoms in total. The minimum atomic E-state index is -0.602. The molecule has 0 fully saturated rings. The normalized spacial score (nSPS) is 10.8. The Kier molecular flexibility index (Phi) is 5.69. The fourth-order valence-electron chi connectivity index (χ4n) is 2.86. The molecule has 0 aliphatic rings. The maximum absolute atomic E-state index is 12.6. The van der Waals surface area contributed by atoms with Gasteiger partial charge in [0.1, 0.15) is 34.6 Å². The molecule has 0 amide bonds. The standard InChI is InChI=1S/C21H19N3O5/c1-13-16(10-22)20(25)24(12-15-5-4-8-29-15)21(26)17(13)11-23-18-9-14(27-2)6-7-19(18)28-3/h4-9,11,26H,12H2,1-3H3. The SMILES string of the molecule is COc1ccc(OC)c(N=Cc2c(C)c(C#N)c(=O)n(Cc3ccco3)c2O)c1. The Hall–Kier alpha value is -3.99. The maximum atomic E-state index is 12.6. The Balaban J connectivity index is 2.13. The van der Waals surface area contributed by atoms with Gasteiger partial charge in [0, 0.05) is 12.3 Å². The summed E-state index contributed by atoms with van der Waals surface area (Å²) in [6.07, 6.45) is 2.86. The Morgan fingerprint density at radius 3 is 2.72 bits per heavy atom. The van der Waals surface area contributed by atoms with E-state index in [1.54, 1.807) is 37.3 Å². The fraction of sp³-hybridized carbons (Fsp3) is 0.190. The molecule has 3 aromatic rings. The predicted octanol–water partition coefficient (Wildman–Crippen LogP) is 3.14. The van der Waals surface area contributed by atoms with Crippen LogP contribution in [0.15, 0.2) is 50.8 Å². The molecule has 0 saturated heterocycles. The summed E-state index contributed by atoms with van der Waals surface area (Å²) in [5.74, 6) is 1.24. The lowest BCUT2D eigenvalue weighted by molar-refractivity contribution is 0.397. The smallest absolute Gasteiger partial charge is 0.271 e. The van der Waals surface area contributed by atoms with E-state index in [-0.39, 0.29) is 23.6 Å². The van der Waals surface area contributed by atoms with E-state index in [2.05, 4.69) is 4.99 Å². The highest BCUT2D eigenvalue weighted by Crippen LogP contribution is 2.32. The molecule has 2 aromatic heterocycles. The predicted molar refractivity (Wildman–Crippen MR) is 106 cm³/mol. The average molecular weight is 393 g/mol. The molecule has 0 atom stereocenters. The van der Waals surface area contributed by atoms with E-state index in [1.165, 1.54) is 26.7 Å². The zero-order valence-corrected chi connectivity index (χ0v) is 16.2. The largest absolute Gasteiger partial charge is 0.497 e. The van der Waals surface area contributed by atoms with Crippen molar-refractivity contribution in [2.75, 3.05) is 14.2 Å². The number of benzene rings is 1. The number of ether oxygens (including phenoxy) is 2. The van der Waals surface area contributed by atoms with Crippen LogP contribution in [0.3, 0.4) is 0 Å². The minimum Gasteiger partial charge on any atom is -0.497 e. The average Bonchev–Trinajstić information content (AvgIpc) is 3.24. The van der Waals surface area contributed by atoms with Crippen LogP contribution in [-0.4, -0.2) is 30.1 Å². The summed E-state index contributed by atoms with van der Waals surface area (Å²) >= 11 is 0. The second-order valence-corrected chi connectivity index (χ2v) is 6.12. The lowest BCUT2D eigenvalue weighted by atomic mass is 10.1. The van der Waals surface area contributed by atoms with E-state index in [0.29, 0.717) is 28.5 Å². The second-order valence-electron chi connectivity index (χ2n) is 6.12. The first-order chi connectivity index (χ1) is 14.0. The number of nitriles is 1. The molecule has 0 radical (unpaired) electrons. The van der Waals surface area contributed by atoms with Crippen molar-refractivity contribution in [3.05, 3.63) is 69.4 Å². The van der Waals surface area contributed by atoms with Gasteiger partial charge in [0.25, 0.3) is 5.56 Å². The van der Waals surface area contributed by atoms with E-state index in [4.69, 9.17) is 13.9 Å². The van der Waals surface area contributed by atoms with Gasteiger partial charge < -0.3 is 19.0 Å². The van der Waals surface area contributed by atoms with Gasteiger partial charge in [0.05, 0.1) is 32.6 Å². The summed E-state index contributed by atoms with van der Waals surface area (Å²) in [6.45, 7) is 1.57. The molecular formula is C21H19N3O5. The topological polar surface area (TPSA) is 110 Å². The van der Waals surface area contributed by atoms with Crippen molar-refractivity contribution in [2.24, 2.45) is 4.99 Å². The summed E-state index contributed by atoms with van der Waals surface area (Å²) in [7, 11) is 3.05. The van der Waals surface area contributed by atoms with Gasteiger partial charge in [-0.05, 0) is 36.8 Å². The van der Waals surface area contributed by atoms with Crippen LogP contribution >= 0.6 is 0 Å². The molecule has 3 rings (SSSR count). The van der Waals surface area contributed by atoms with Crippen LogP contribution in [0.5, 0.6) is 17.4 Å². The molecule has 0 aliphatic heterocycles. The molecule has 0 aliphatic carbocycles. The van der Waals surface area contributed by atoms with Gasteiger partial charge in [0.2, 0.25) is 5.88 Å². The van der Waals surface area contributed by atoms with Crippen LogP contribution < -0.4 is 15.0 Å². The van der Waals surface area contributed by atoms with Gasteiger partial charge in [-0.1, -0.05) is 0 Å². The Bertz CT molecular complexity index is 1150. The molecule has 1 aromatic carbocycles. The third kappa shape index (κ3) is 3.84. The number of furan rings is 1. The number of pyridine rings is 1. The van der Waals surface area contributed by atoms with Crippen molar-refractivity contribution in [2.45, 2.75) is 13.5 Å². The van der Waals surface area contributed by atoms with Crippen molar-refractivity contribution in [1.29, 1.82) is 5.26 Å². The van der Waals surface area contributed by atoms with Crippen molar-refractivity contribution in [3.8, 4) is 23.4 Å². The van der Waals surface area contributed by atoms with Gasteiger partial charge in [-0.25, -0.2) is 0 Å². The molecule has 0 spiro atoms. The van der Waals surface area contributed by atoms with Gasteiger partial charge >= 0.3 is 0 Å². The van der Waals surface area contributed by atoms with Gasteiger partial charge in [-0.2, -0.15) is 5.26 Å². The lowest BCUT2D eigenvalue weighted by Gasteiger charge is -2.13. The van der Waals surface area contributed by atoms with Crippen LogP contribution in [0.25, 0.3) is 0 Å². The zero-order chi connectivity index (χ0) is 21.0. The minimum absolute atomic E-state index is 0.0179. The first-order valence-electron chi connectivity index (χ1n) is 8.65. The number of rotatable bonds is 6. The van der Waals surface area contributed by atoms with E-state index in [9.17, 15) is 15.2 Å². The number of nitrogens with zero attached hydrogens (tertiary/aromatic N) is 3. The Morgan fingerprint density at radius 2 is 2.10 bits per heavy atom. The molecular weight excluding hydrogens is 374 g/mol. The summed E-state index contributed by atoms with van der Waals surface area (Å²) in [5, 5.41) is 20.2. The molecule has 2 heterocycles. The van der Waals surface area contributed by atoms with Crippen molar-refractivity contribution in [1.82, 2.24) is 4.57 Å². The Labute approximate surface area is 166 Å². The van der Waals surface area contributed by atoms with Gasteiger partial charge in [-0.3, -0.25) is 14.4 Å². The molecule has 29 heavy (non-hydrogen) atoms. The van der Waals surface area contributed by atoms with Crippen molar-refractivity contribution >= 4 is 11.9 Å². The zero-order valence-electron chi connectivity index (χ0n) is 16.2. The van der Waals surface area contributed by atoms with Crippen molar-refractivity contribution < 1.29 is 19.0 Å². The monoisotopic (exact) mass is 393 g/mol. The molecule has 0 saturated carbocycles. The molecule has 0 bridgehead atoms. The van der Waals surface area contributed by atoms with E-state index >= 15 is 0 Å². The third-order valence-electron chi connectivity index (χ3n) is 4.46. The molecule has 8 heteroatoms. The molecule has 148 valence electrons. The van der Waals surface area contributed by atoms with E-state index in [0.717, 1.165) is 4.57 Å². The lowest BCUT2D eigenvalue weighted by Crippen LogP contribution is -2.25. The van der Waals surface area contributed by atoms with E-state index in [1.807, 2.05) is 6.07 Å². The maximum Gasteiger partial charge on any atom is 0.271 e. The van der Waals surface area contributed by atoms with Crippen LogP contribution in [0.2, 0.25) is 0 Å². The number of methoxy groups -OCH3 is 2. The van der Waals surface area contributed by atoms with Crippen LogP contribution in [0, 0.1) is 18.3 Å². The summed E-state index contributed by atoms with van der Waals surface area (Å²) < 4.78 is 16.8. The fourth-order valence-corrected chi connectivity index (χ4v) is 2.86. The second kappa shape index (κ2) is 8.35. The third-order valence-corrected chi connectivity index (χ3v) is 4.46. The van der Waals surface area contributed by atoms with Crippen LogP contribution in [0.4, 0.5) is 5.69 Å². The first-order valence-corrected chi connectivity index (χ1v) is 8.65. The number of hydrogen-bond acceptors (Lipinski definition) is 7. The van der Waals surface area contributed by atoms with Gasteiger partial charge in [-0.15, -0.1) is 0 Å². The number of hydrogen-bond donors (Lipinski definition) is 1. The van der Waals surface area contributed by atoms with E-state index < -0.39 is 5.56 Å². The van der Waals surface area contributed by atoms with Gasteiger partial charge in [0.15, 0.2) is 0 Å². The summed E-state index contributed by atoms with van der Waals surface area (Å²) in [5.41, 5.74) is 0.366. The molecule has 1 N–H and O–H groups in total. The highest BCUT2D eigenvalue weighted by atomic mass is 16.5. The molecule has 0 unspecified atom stereocenters. The quantitative estimate of drug-likeness (QED) is 0.644. The number of aromatic hydroxyl groups is 1. The summed E-state index contributed by atoms with van der Waals surface area (Å²) in [6, 6.07) is 10.4. The van der Waals surface area contributed by atoms with Crippen LogP contribution in [-0.2, 0) is 6.54 Å². The van der Waals surface area contributed by atoms with Crippen molar-refractivity contribution in [3.63, 3.8) is 0 Å². The van der Waals surface area contributed by atoms with Crippen LogP contribution in [0.1, 0.15) is 22.5 Å². The summed E-state index contributed by atoms with van der Waals surface area (Å²) in [4.78, 5) is 17.0. The first kappa shape index (κ1) is 19.8. The highest BCUT2D eigenvalue weighted by Gasteiger charge is 2.19.